The number of aromatic nitrogens is 2. The molecule has 0 saturated heterocycles. The molecular weight excluding hydrogens is 368 g/mol. The van der Waals surface area contributed by atoms with Crippen LogP contribution >= 0.6 is 12.2 Å². The fourth-order valence-corrected chi connectivity index (χ4v) is 6.68. The highest BCUT2D eigenvalue weighted by atomic mass is 32.1. The summed E-state index contributed by atoms with van der Waals surface area (Å²) in [6.45, 7) is 1.95. The van der Waals surface area contributed by atoms with Gasteiger partial charge >= 0.3 is 0 Å². The number of para-hydroxylation sites is 1. The van der Waals surface area contributed by atoms with Crippen LogP contribution in [0.3, 0.4) is 0 Å². The SMILES string of the molecule is Cc1c(NC(=S)NC23CC4CC(CC(C4)C2)C3)c(=O)n(-c2ccccc2)n1C. The van der Waals surface area contributed by atoms with Gasteiger partial charge in [0, 0.05) is 12.6 Å². The second-order valence-corrected chi connectivity index (χ2v) is 9.62. The van der Waals surface area contributed by atoms with Crippen molar-refractivity contribution in [3.63, 3.8) is 0 Å². The standard InChI is InChI=1S/C22H28N4OS/c1-14-19(20(27)26(25(14)2)18-6-4-3-5-7-18)23-21(28)24-22-11-15-8-16(12-22)10-17(9-15)13-22/h3-7,15-17H,8-13H2,1-2H3,(H2,23,24,28). The second kappa shape index (κ2) is 6.48. The Bertz CT molecular complexity index is 939. The van der Waals surface area contributed by atoms with Gasteiger partial charge in [0.1, 0.15) is 5.69 Å². The minimum absolute atomic E-state index is 0.0686. The number of hydrogen-bond acceptors (Lipinski definition) is 2. The molecule has 0 spiro atoms. The highest BCUT2D eigenvalue weighted by molar-refractivity contribution is 7.80. The van der Waals surface area contributed by atoms with Gasteiger partial charge in [0.05, 0.1) is 11.4 Å². The summed E-state index contributed by atoms with van der Waals surface area (Å²) < 4.78 is 3.57. The zero-order valence-corrected chi connectivity index (χ0v) is 17.4. The zero-order valence-electron chi connectivity index (χ0n) is 16.6. The number of nitrogens with one attached hydrogen (secondary N) is 2. The van der Waals surface area contributed by atoms with Crippen LogP contribution in [0.15, 0.2) is 35.1 Å². The van der Waals surface area contributed by atoms with Crippen LogP contribution in [0.5, 0.6) is 0 Å². The third-order valence-corrected chi connectivity index (χ3v) is 7.41. The Kier molecular flexibility index (Phi) is 4.16. The van der Waals surface area contributed by atoms with Crippen LogP contribution in [0.2, 0.25) is 0 Å². The molecule has 0 radical (unpaired) electrons. The van der Waals surface area contributed by atoms with E-state index in [1.807, 2.05) is 49.0 Å². The monoisotopic (exact) mass is 396 g/mol. The van der Waals surface area contributed by atoms with Crippen molar-refractivity contribution in [3.8, 4) is 5.69 Å². The van der Waals surface area contributed by atoms with E-state index < -0.39 is 0 Å². The molecule has 4 aliphatic rings. The Morgan fingerprint density at radius 1 is 1.07 bits per heavy atom. The summed E-state index contributed by atoms with van der Waals surface area (Å²) in [4.78, 5) is 13.1. The maximum atomic E-state index is 13.1. The molecule has 0 aliphatic heterocycles. The van der Waals surface area contributed by atoms with E-state index in [0.29, 0.717) is 10.8 Å². The number of thiocarbonyl (C=S) groups is 1. The second-order valence-electron chi connectivity index (χ2n) is 9.21. The van der Waals surface area contributed by atoms with Crippen LogP contribution < -0.4 is 16.2 Å². The zero-order chi connectivity index (χ0) is 19.5. The molecule has 4 bridgehead atoms. The molecule has 5 nitrogen and oxygen atoms in total. The Morgan fingerprint density at radius 2 is 1.64 bits per heavy atom. The first-order chi connectivity index (χ1) is 13.4. The molecule has 4 aliphatic carbocycles. The van der Waals surface area contributed by atoms with E-state index in [-0.39, 0.29) is 11.1 Å². The summed E-state index contributed by atoms with van der Waals surface area (Å²) in [5.41, 5.74) is 2.36. The minimum atomic E-state index is -0.0686. The van der Waals surface area contributed by atoms with Crippen LogP contribution in [0.25, 0.3) is 5.69 Å². The lowest BCUT2D eigenvalue weighted by Gasteiger charge is -2.57. The molecule has 2 aromatic rings. The molecule has 4 fully saturated rings. The number of rotatable bonds is 3. The van der Waals surface area contributed by atoms with Crippen molar-refractivity contribution in [2.45, 2.75) is 51.0 Å². The fourth-order valence-electron chi connectivity index (χ4n) is 6.36. The lowest BCUT2D eigenvalue weighted by molar-refractivity contribution is -0.00972. The van der Waals surface area contributed by atoms with Gasteiger partial charge in [-0.25, -0.2) is 4.68 Å². The molecule has 2 N–H and O–H groups in total. The van der Waals surface area contributed by atoms with Crippen LogP contribution in [0.1, 0.15) is 44.2 Å². The van der Waals surface area contributed by atoms with Gasteiger partial charge in [0.25, 0.3) is 5.56 Å². The van der Waals surface area contributed by atoms with Crippen molar-refractivity contribution in [1.82, 2.24) is 14.7 Å². The van der Waals surface area contributed by atoms with Crippen molar-refractivity contribution >= 4 is 23.0 Å². The van der Waals surface area contributed by atoms with Crippen molar-refractivity contribution in [2.24, 2.45) is 24.8 Å². The quantitative estimate of drug-likeness (QED) is 0.776. The van der Waals surface area contributed by atoms with Gasteiger partial charge in [0.2, 0.25) is 0 Å². The summed E-state index contributed by atoms with van der Waals surface area (Å²) in [6, 6.07) is 9.72. The highest BCUT2D eigenvalue weighted by Gasteiger charge is 2.51. The van der Waals surface area contributed by atoms with Crippen LogP contribution in [0.4, 0.5) is 5.69 Å². The van der Waals surface area contributed by atoms with Gasteiger partial charge in [-0.15, -0.1) is 0 Å². The first kappa shape index (κ1) is 18.0. The topological polar surface area (TPSA) is 51.0 Å². The molecule has 6 rings (SSSR count). The summed E-state index contributed by atoms with van der Waals surface area (Å²) in [5.74, 6) is 2.57. The predicted molar refractivity (Wildman–Crippen MR) is 116 cm³/mol. The Morgan fingerprint density at radius 3 is 2.21 bits per heavy atom. The highest BCUT2D eigenvalue weighted by Crippen LogP contribution is 2.55. The van der Waals surface area contributed by atoms with Gasteiger partial charge < -0.3 is 10.6 Å². The Balaban J connectivity index is 1.38. The summed E-state index contributed by atoms with van der Waals surface area (Å²) in [5, 5.41) is 7.50. The molecule has 0 amide bonds. The van der Waals surface area contributed by atoms with Crippen molar-refractivity contribution in [1.29, 1.82) is 0 Å². The molecule has 1 aromatic carbocycles. The van der Waals surface area contributed by atoms with E-state index in [9.17, 15) is 4.79 Å². The van der Waals surface area contributed by atoms with Gasteiger partial charge in [-0.3, -0.25) is 9.48 Å². The molecular formula is C22H28N4OS. The first-order valence-electron chi connectivity index (χ1n) is 10.4. The van der Waals surface area contributed by atoms with E-state index >= 15 is 0 Å². The smallest absolute Gasteiger partial charge is 0.295 e. The van der Waals surface area contributed by atoms with Gasteiger partial charge in [0.15, 0.2) is 5.11 Å². The van der Waals surface area contributed by atoms with Crippen molar-refractivity contribution < 1.29 is 0 Å². The maximum absolute atomic E-state index is 13.1. The van der Waals surface area contributed by atoms with Gasteiger partial charge in [-0.1, -0.05) is 18.2 Å². The molecule has 1 aromatic heterocycles. The van der Waals surface area contributed by atoms with E-state index in [1.54, 1.807) is 4.68 Å². The molecule has 4 saturated carbocycles. The molecule has 0 unspecified atom stereocenters. The molecule has 28 heavy (non-hydrogen) atoms. The fraction of sp³-hybridized carbons (Fsp3) is 0.545. The third kappa shape index (κ3) is 2.89. The number of nitrogens with zero attached hydrogens (tertiary/aromatic N) is 2. The number of anilines is 1. The summed E-state index contributed by atoms with van der Waals surface area (Å²) in [6.07, 6.45) is 7.89. The van der Waals surface area contributed by atoms with Gasteiger partial charge in [-0.05, 0) is 87.6 Å². The average Bonchev–Trinajstić information content (AvgIpc) is 2.84. The van der Waals surface area contributed by atoms with Crippen LogP contribution in [0, 0.1) is 24.7 Å². The largest absolute Gasteiger partial charge is 0.357 e. The predicted octanol–water partition coefficient (Wildman–Crippen LogP) is 3.74. The van der Waals surface area contributed by atoms with E-state index in [1.165, 1.54) is 38.5 Å². The van der Waals surface area contributed by atoms with E-state index in [0.717, 1.165) is 29.1 Å². The maximum Gasteiger partial charge on any atom is 0.295 e. The first-order valence-corrected chi connectivity index (χ1v) is 10.8. The molecule has 1 heterocycles. The van der Waals surface area contributed by atoms with Crippen LogP contribution in [-0.4, -0.2) is 20.0 Å². The van der Waals surface area contributed by atoms with Crippen molar-refractivity contribution in [2.75, 3.05) is 5.32 Å². The number of hydrogen-bond donors (Lipinski definition) is 2. The normalized spacial score (nSPS) is 30.4. The molecule has 0 atom stereocenters. The van der Waals surface area contributed by atoms with Gasteiger partial charge in [-0.2, -0.15) is 0 Å². The lowest BCUT2D eigenvalue weighted by Crippen LogP contribution is -2.60. The van der Waals surface area contributed by atoms with E-state index in [4.69, 9.17) is 12.2 Å². The Labute approximate surface area is 171 Å². The number of benzene rings is 1. The lowest BCUT2D eigenvalue weighted by atomic mass is 9.53. The minimum Gasteiger partial charge on any atom is -0.357 e. The average molecular weight is 397 g/mol. The summed E-state index contributed by atoms with van der Waals surface area (Å²) >= 11 is 5.68. The van der Waals surface area contributed by atoms with Crippen LogP contribution in [-0.2, 0) is 7.05 Å². The van der Waals surface area contributed by atoms with E-state index in [2.05, 4.69) is 10.6 Å². The Hall–Kier alpha value is -2.08. The molecule has 148 valence electrons. The third-order valence-electron chi connectivity index (χ3n) is 7.21. The summed E-state index contributed by atoms with van der Waals surface area (Å²) in [7, 11) is 1.91. The molecule has 6 heteroatoms. The van der Waals surface area contributed by atoms with Crippen molar-refractivity contribution in [3.05, 3.63) is 46.4 Å².